The van der Waals surface area contributed by atoms with Crippen LogP contribution in [-0.2, 0) is 12.8 Å². The summed E-state index contributed by atoms with van der Waals surface area (Å²) < 4.78 is 0. The quantitative estimate of drug-likeness (QED) is 0.547. The predicted molar refractivity (Wildman–Crippen MR) is 103 cm³/mol. The fourth-order valence-corrected chi connectivity index (χ4v) is 5.08. The normalized spacial score (nSPS) is 14.3. The Morgan fingerprint density at radius 2 is 2.04 bits per heavy atom. The van der Waals surface area contributed by atoms with Crippen LogP contribution in [-0.4, -0.2) is 15.7 Å². The van der Waals surface area contributed by atoms with Gasteiger partial charge in [0.15, 0.2) is 5.16 Å². The first-order valence-electron chi connectivity index (χ1n) is 8.20. The lowest BCUT2D eigenvalue weighted by Crippen LogP contribution is -2.10. The molecule has 0 aliphatic heterocycles. The van der Waals surface area contributed by atoms with Crippen LogP contribution in [0.2, 0.25) is 0 Å². The highest BCUT2D eigenvalue weighted by Gasteiger charge is 2.19. The molecule has 1 aliphatic rings. The third-order valence-electron chi connectivity index (χ3n) is 4.23. The zero-order valence-corrected chi connectivity index (χ0v) is 14.9. The number of nitrogens with one attached hydrogen (secondary N) is 1. The maximum atomic E-state index is 12.5. The summed E-state index contributed by atoms with van der Waals surface area (Å²) in [4.78, 5) is 22.4. The average Bonchev–Trinajstić information content (AvgIpc) is 2.98. The smallest absolute Gasteiger partial charge is 0.260 e. The number of hydrogen-bond donors (Lipinski definition) is 1. The molecular formula is C19H18N2OS2. The van der Waals surface area contributed by atoms with Crippen molar-refractivity contribution in [2.45, 2.75) is 30.8 Å². The minimum atomic E-state index is 0.0222. The zero-order chi connectivity index (χ0) is 16.4. The number of fused-ring (bicyclic) bond motifs is 3. The van der Waals surface area contributed by atoms with E-state index in [0.29, 0.717) is 5.16 Å². The number of aromatic amines is 1. The Bertz CT molecular complexity index is 941. The summed E-state index contributed by atoms with van der Waals surface area (Å²) in [7, 11) is 0. The van der Waals surface area contributed by atoms with E-state index in [1.54, 1.807) is 23.1 Å². The fourth-order valence-electron chi connectivity index (χ4n) is 3.09. The molecule has 0 fully saturated rings. The van der Waals surface area contributed by atoms with Crippen LogP contribution in [0.4, 0.5) is 0 Å². The molecule has 0 saturated heterocycles. The SMILES string of the molecule is O=c1[nH]c(SCC=Cc2ccccc2)nc2sc3c(c12)CCCC3. The predicted octanol–water partition coefficient (Wildman–Crippen LogP) is 4.67. The molecule has 4 rings (SSSR count). The molecule has 0 spiro atoms. The summed E-state index contributed by atoms with van der Waals surface area (Å²) in [5.74, 6) is 0.786. The Labute approximate surface area is 148 Å². The highest BCUT2D eigenvalue weighted by Crippen LogP contribution is 2.34. The van der Waals surface area contributed by atoms with Crippen LogP contribution < -0.4 is 5.56 Å². The van der Waals surface area contributed by atoms with E-state index in [1.807, 2.05) is 18.2 Å². The molecule has 0 bridgehead atoms. The van der Waals surface area contributed by atoms with E-state index in [9.17, 15) is 4.79 Å². The monoisotopic (exact) mass is 354 g/mol. The van der Waals surface area contributed by atoms with Gasteiger partial charge in [-0.1, -0.05) is 54.2 Å². The molecular weight excluding hydrogens is 336 g/mol. The Kier molecular flexibility index (Phi) is 4.54. The molecule has 0 unspecified atom stereocenters. The van der Waals surface area contributed by atoms with E-state index >= 15 is 0 Å². The molecule has 3 nitrogen and oxygen atoms in total. The number of nitrogens with zero attached hydrogens (tertiary/aromatic N) is 1. The van der Waals surface area contributed by atoms with Gasteiger partial charge in [0, 0.05) is 10.6 Å². The van der Waals surface area contributed by atoms with E-state index in [1.165, 1.54) is 28.8 Å². The zero-order valence-electron chi connectivity index (χ0n) is 13.2. The van der Waals surface area contributed by atoms with Gasteiger partial charge < -0.3 is 4.98 Å². The maximum absolute atomic E-state index is 12.5. The van der Waals surface area contributed by atoms with Crippen molar-refractivity contribution < 1.29 is 0 Å². The van der Waals surface area contributed by atoms with E-state index < -0.39 is 0 Å². The molecule has 24 heavy (non-hydrogen) atoms. The summed E-state index contributed by atoms with van der Waals surface area (Å²) in [6.45, 7) is 0. The van der Waals surface area contributed by atoms with Crippen molar-refractivity contribution >= 4 is 39.4 Å². The number of thioether (sulfide) groups is 1. The number of aromatic nitrogens is 2. The average molecular weight is 355 g/mol. The summed E-state index contributed by atoms with van der Waals surface area (Å²) in [5.41, 5.74) is 2.45. The van der Waals surface area contributed by atoms with Gasteiger partial charge in [-0.25, -0.2) is 4.98 Å². The van der Waals surface area contributed by atoms with Crippen LogP contribution in [0.25, 0.3) is 16.3 Å². The second-order valence-corrected chi connectivity index (χ2v) is 7.98. The summed E-state index contributed by atoms with van der Waals surface area (Å²) in [6.07, 6.45) is 8.71. The Morgan fingerprint density at radius 3 is 2.92 bits per heavy atom. The van der Waals surface area contributed by atoms with Crippen LogP contribution in [0.5, 0.6) is 0 Å². The molecule has 1 aromatic carbocycles. The maximum Gasteiger partial charge on any atom is 0.260 e. The van der Waals surface area contributed by atoms with Crippen molar-refractivity contribution in [2.24, 2.45) is 0 Å². The van der Waals surface area contributed by atoms with Crippen LogP contribution in [0, 0.1) is 0 Å². The molecule has 0 saturated carbocycles. The molecule has 1 aliphatic carbocycles. The third kappa shape index (κ3) is 3.19. The largest absolute Gasteiger partial charge is 0.301 e. The summed E-state index contributed by atoms with van der Waals surface area (Å²) in [5, 5.41) is 1.54. The first kappa shape index (κ1) is 15.7. The van der Waals surface area contributed by atoms with E-state index in [4.69, 9.17) is 0 Å². The highest BCUT2D eigenvalue weighted by molar-refractivity contribution is 7.99. The van der Waals surface area contributed by atoms with E-state index in [0.717, 1.165) is 28.8 Å². The summed E-state index contributed by atoms with van der Waals surface area (Å²) >= 11 is 3.27. The second kappa shape index (κ2) is 6.95. The Hall–Kier alpha value is -1.85. The molecule has 1 N–H and O–H groups in total. The standard InChI is InChI=1S/C19H18N2OS2/c22-17-16-14-10-4-5-11-15(14)24-18(16)21-19(20-17)23-12-6-9-13-7-2-1-3-8-13/h1-3,6-9H,4-5,10-12H2,(H,20,21,22). The fraction of sp³-hybridized carbons (Fsp3) is 0.263. The van der Waals surface area contributed by atoms with Crippen molar-refractivity contribution in [1.29, 1.82) is 0 Å². The van der Waals surface area contributed by atoms with Gasteiger partial charge in [-0.15, -0.1) is 11.3 Å². The molecule has 3 aromatic rings. The van der Waals surface area contributed by atoms with Crippen LogP contribution in [0.1, 0.15) is 28.8 Å². The summed E-state index contributed by atoms with van der Waals surface area (Å²) in [6, 6.07) is 10.2. The lowest BCUT2D eigenvalue weighted by atomic mass is 9.97. The Morgan fingerprint density at radius 1 is 1.21 bits per heavy atom. The topological polar surface area (TPSA) is 45.8 Å². The highest BCUT2D eigenvalue weighted by atomic mass is 32.2. The number of rotatable bonds is 4. The van der Waals surface area contributed by atoms with Crippen molar-refractivity contribution in [1.82, 2.24) is 9.97 Å². The molecule has 0 atom stereocenters. The van der Waals surface area contributed by atoms with Gasteiger partial charge >= 0.3 is 0 Å². The second-order valence-electron chi connectivity index (χ2n) is 5.89. The number of hydrogen-bond acceptors (Lipinski definition) is 4. The number of H-pyrrole nitrogens is 1. The molecule has 2 heterocycles. The number of benzene rings is 1. The van der Waals surface area contributed by atoms with Gasteiger partial charge in [-0.05, 0) is 36.8 Å². The van der Waals surface area contributed by atoms with E-state index in [-0.39, 0.29) is 5.56 Å². The first-order valence-corrected chi connectivity index (χ1v) is 10.0. The van der Waals surface area contributed by atoms with Crippen molar-refractivity contribution in [3.63, 3.8) is 0 Å². The van der Waals surface area contributed by atoms with Crippen molar-refractivity contribution in [3.05, 3.63) is 62.8 Å². The van der Waals surface area contributed by atoms with Crippen molar-refractivity contribution in [2.75, 3.05) is 5.75 Å². The van der Waals surface area contributed by atoms with Crippen LogP contribution >= 0.6 is 23.1 Å². The molecule has 2 aromatic heterocycles. The molecule has 5 heteroatoms. The minimum absolute atomic E-state index is 0.0222. The van der Waals surface area contributed by atoms with Crippen LogP contribution in [0.3, 0.4) is 0 Å². The molecule has 0 radical (unpaired) electrons. The van der Waals surface area contributed by atoms with Gasteiger partial charge in [0.05, 0.1) is 5.39 Å². The number of thiophene rings is 1. The Balaban J connectivity index is 1.53. The van der Waals surface area contributed by atoms with Gasteiger partial charge in [0.2, 0.25) is 0 Å². The van der Waals surface area contributed by atoms with Crippen molar-refractivity contribution in [3.8, 4) is 0 Å². The number of aryl methyl sites for hydroxylation is 2. The first-order chi connectivity index (χ1) is 11.8. The van der Waals surface area contributed by atoms with Crippen LogP contribution in [0.15, 0.2) is 46.4 Å². The van der Waals surface area contributed by atoms with Gasteiger partial charge in [0.1, 0.15) is 4.83 Å². The lowest BCUT2D eigenvalue weighted by Gasteiger charge is -2.09. The van der Waals surface area contributed by atoms with Gasteiger partial charge in [0.25, 0.3) is 5.56 Å². The van der Waals surface area contributed by atoms with Gasteiger partial charge in [-0.2, -0.15) is 0 Å². The molecule has 122 valence electrons. The van der Waals surface area contributed by atoms with E-state index in [2.05, 4.69) is 34.3 Å². The lowest BCUT2D eigenvalue weighted by molar-refractivity contribution is 0.700. The third-order valence-corrected chi connectivity index (χ3v) is 6.24. The van der Waals surface area contributed by atoms with Gasteiger partial charge in [-0.3, -0.25) is 4.79 Å². The minimum Gasteiger partial charge on any atom is -0.301 e. The molecule has 0 amide bonds.